The molecule has 5 heteroatoms. The summed E-state index contributed by atoms with van der Waals surface area (Å²) >= 11 is 21.6. The molecule has 0 saturated carbocycles. The van der Waals surface area contributed by atoms with Crippen molar-refractivity contribution in [2.24, 2.45) is 5.73 Å². The van der Waals surface area contributed by atoms with Crippen molar-refractivity contribution < 1.29 is 0 Å². The van der Waals surface area contributed by atoms with E-state index in [4.69, 9.17) is 40.5 Å². The number of halogens is 4. The van der Waals surface area contributed by atoms with Crippen LogP contribution < -0.4 is 5.73 Å². The summed E-state index contributed by atoms with van der Waals surface area (Å²) in [5.74, 6) is 0. The van der Waals surface area contributed by atoms with Gasteiger partial charge in [-0.3, -0.25) is 0 Å². The summed E-state index contributed by atoms with van der Waals surface area (Å²) in [6.45, 7) is 1.95. The van der Waals surface area contributed by atoms with Gasteiger partial charge in [0.25, 0.3) is 0 Å². The second kappa shape index (κ2) is 6.25. The SMILES string of the molecule is CC(N)(Cc1ccc(Cl)c(Cl)c1)c1ccc(Br)cc1Cl. The lowest BCUT2D eigenvalue weighted by Gasteiger charge is -2.27. The van der Waals surface area contributed by atoms with Crippen LogP contribution in [0.1, 0.15) is 18.1 Å². The monoisotopic (exact) mass is 391 g/mol. The third kappa shape index (κ3) is 3.69. The van der Waals surface area contributed by atoms with Gasteiger partial charge >= 0.3 is 0 Å². The van der Waals surface area contributed by atoms with Gasteiger partial charge in [-0.2, -0.15) is 0 Å². The Bertz CT molecular complexity index is 641. The minimum Gasteiger partial charge on any atom is -0.321 e. The van der Waals surface area contributed by atoms with Gasteiger partial charge in [-0.05, 0) is 48.7 Å². The van der Waals surface area contributed by atoms with Gasteiger partial charge in [0.1, 0.15) is 0 Å². The van der Waals surface area contributed by atoms with Gasteiger partial charge in [0, 0.05) is 15.0 Å². The first-order valence-electron chi connectivity index (χ1n) is 5.98. The molecular formula is C15H13BrCl3N. The normalized spacial score (nSPS) is 14.1. The van der Waals surface area contributed by atoms with E-state index in [0.29, 0.717) is 21.5 Å². The molecule has 0 amide bonds. The Morgan fingerprint density at radius 3 is 2.30 bits per heavy atom. The molecule has 2 aromatic rings. The zero-order chi connectivity index (χ0) is 14.9. The van der Waals surface area contributed by atoms with E-state index in [1.165, 1.54) is 0 Å². The van der Waals surface area contributed by atoms with E-state index in [-0.39, 0.29) is 0 Å². The maximum atomic E-state index is 6.43. The van der Waals surface area contributed by atoms with E-state index in [0.717, 1.165) is 15.6 Å². The molecule has 0 radical (unpaired) electrons. The quantitative estimate of drug-likeness (QED) is 0.698. The number of hydrogen-bond acceptors (Lipinski definition) is 1. The Labute approximate surface area is 142 Å². The molecule has 2 N–H and O–H groups in total. The van der Waals surface area contributed by atoms with Crippen molar-refractivity contribution in [2.45, 2.75) is 18.9 Å². The molecule has 0 aromatic heterocycles. The van der Waals surface area contributed by atoms with Gasteiger partial charge in [0.15, 0.2) is 0 Å². The van der Waals surface area contributed by atoms with Crippen LogP contribution in [0.5, 0.6) is 0 Å². The number of nitrogens with two attached hydrogens (primary N) is 1. The van der Waals surface area contributed by atoms with Crippen molar-refractivity contribution in [3.05, 3.63) is 67.1 Å². The highest BCUT2D eigenvalue weighted by Crippen LogP contribution is 2.32. The average molecular weight is 394 g/mol. The molecular weight excluding hydrogens is 380 g/mol. The van der Waals surface area contributed by atoms with Gasteiger partial charge in [-0.1, -0.05) is 62.9 Å². The van der Waals surface area contributed by atoms with E-state index in [2.05, 4.69) is 15.9 Å². The predicted molar refractivity (Wildman–Crippen MR) is 90.9 cm³/mol. The summed E-state index contributed by atoms with van der Waals surface area (Å²) in [6, 6.07) is 11.2. The molecule has 0 heterocycles. The minimum absolute atomic E-state index is 0.530. The lowest BCUT2D eigenvalue weighted by atomic mass is 9.86. The third-order valence-electron chi connectivity index (χ3n) is 3.10. The summed E-state index contributed by atoms with van der Waals surface area (Å²) in [5.41, 5.74) is 7.76. The van der Waals surface area contributed by atoms with E-state index in [9.17, 15) is 0 Å². The first-order chi connectivity index (χ1) is 9.29. The molecule has 1 nitrogen and oxygen atoms in total. The summed E-state index contributed by atoms with van der Waals surface area (Å²) in [5, 5.41) is 1.71. The Hall–Kier alpha value is -0.250. The second-order valence-electron chi connectivity index (χ2n) is 4.97. The molecule has 0 aliphatic carbocycles. The Morgan fingerprint density at radius 1 is 1.00 bits per heavy atom. The Morgan fingerprint density at radius 2 is 1.70 bits per heavy atom. The van der Waals surface area contributed by atoms with Crippen LogP contribution in [0.15, 0.2) is 40.9 Å². The second-order valence-corrected chi connectivity index (χ2v) is 7.10. The molecule has 0 saturated heterocycles. The fraction of sp³-hybridized carbons (Fsp3) is 0.200. The first-order valence-corrected chi connectivity index (χ1v) is 7.90. The van der Waals surface area contributed by atoms with Crippen LogP contribution >= 0.6 is 50.7 Å². The van der Waals surface area contributed by atoms with E-state index in [1.807, 2.05) is 37.3 Å². The number of hydrogen-bond donors (Lipinski definition) is 1. The van der Waals surface area contributed by atoms with Crippen LogP contribution in [0.25, 0.3) is 0 Å². The molecule has 106 valence electrons. The highest BCUT2D eigenvalue weighted by Gasteiger charge is 2.24. The van der Waals surface area contributed by atoms with Crippen LogP contribution in [0.2, 0.25) is 15.1 Å². The lowest BCUT2D eigenvalue weighted by molar-refractivity contribution is 0.491. The van der Waals surface area contributed by atoms with Crippen LogP contribution in [0.3, 0.4) is 0 Å². The lowest BCUT2D eigenvalue weighted by Crippen LogP contribution is -2.35. The summed E-state index contributed by atoms with van der Waals surface area (Å²) < 4.78 is 0.927. The molecule has 0 fully saturated rings. The van der Waals surface area contributed by atoms with Crippen molar-refractivity contribution in [2.75, 3.05) is 0 Å². The van der Waals surface area contributed by atoms with E-state index in [1.54, 1.807) is 6.07 Å². The highest BCUT2D eigenvalue weighted by atomic mass is 79.9. The Kier molecular flexibility index (Phi) is 5.04. The first kappa shape index (κ1) is 16.1. The zero-order valence-corrected chi connectivity index (χ0v) is 14.6. The largest absolute Gasteiger partial charge is 0.321 e. The maximum absolute atomic E-state index is 6.43. The summed E-state index contributed by atoms with van der Waals surface area (Å²) in [7, 11) is 0. The van der Waals surface area contributed by atoms with Crippen molar-refractivity contribution in [1.82, 2.24) is 0 Å². The molecule has 0 aliphatic heterocycles. The van der Waals surface area contributed by atoms with Crippen molar-refractivity contribution >= 4 is 50.7 Å². The smallest absolute Gasteiger partial charge is 0.0595 e. The fourth-order valence-electron chi connectivity index (χ4n) is 2.12. The van der Waals surface area contributed by atoms with E-state index < -0.39 is 5.54 Å². The fourth-order valence-corrected chi connectivity index (χ4v) is 3.33. The van der Waals surface area contributed by atoms with Crippen molar-refractivity contribution in [3.63, 3.8) is 0 Å². The summed E-state index contributed by atoms with van der Waals surface area (Å²) in [4.78, 5) is 0. The van der Waals surface area contributed by atoms with Crippen LogP contribution in [0, 0.1) is 0 Å². The maximum Gasteiger partial charge on any atom is 0.0595 e. The number of benzene rings is 2. The van der Waals surface area contributed by atoms with Gasteiger partial charge in [0.2, 0.25) is 0 Å². The van der Waals surface area contributed by atoms with Gasteiger partial charge in [-0.15, -0.1) is 0 Å². The highest BCUT2D eigenvalue weighted by molar-refractivity contribution is 9.10. The van der Waals surface area contributed by atoms with Crippen LogP contribution in [0.4, 0.5) is 0 Å². The third-order valence-corrected chi connectivity index (χ3v) is 4.65. The van der Waals surface area contributed by atoms with Gasteiger partial charge < -0.3 is 5.73 Å². The molecule has 20 heavy (non-hydrogen) atoms. The zero-order valence-electron chi connectivity index (χ0n) is 10.8. The Balaban J connectivity index is 2.32. The van der Waals surface area contributed by atoms with Crippen molar-refractivity contribution in [1.29, 1.82) is 0 Å². The van der Waals surface area contributed by atoms with E-state index >= 15 is 0 Å². The molecule has 2 aromatic carbocycles. The number of rotatable bonds is 3. The molecule has 0 spiro atoms. The molecule has 1 atom stereocenters. The van der Waals surface area contributed by atoms with Crippen LogP contribution in [-0.4, -0.2) is 0 Å². The topological polar surface area (TPSA) is 26.0 Å². The molecule has 2 rings (SSSR count). The average Bonchev–Trinajstić information content (AvgIpc) is 2.33. The summed E-state index contributed by atoms with van der Waals surface area (Å²) in [6.07, 6.45) is 0.616. The standard InChI is InChI=1S/C15H13BrCl3N/c1-15(20,11-4-3-10(16)7-13(11)18)8-9-2-5-12(17)14(19)6-9/h2-7H,8,20H2,1H3. The van der Waals surface area contributed by atoms with Crippen LogP contribution in [-0.2, 0) is 12.0 Å². The van der Waals surface area contributed by atoms with Gasteiger partial charge in [0.05, 0.1) is 10.0 Å². The molecule has 1 unspecified atom stereocenters. The van der Waals surface area contributed by atoms with Gasteiger partial charge in [-0.25, -0.2) is 0 Å². The van der Waals surface area contributed by atoms with Crippen molar-refractivity contribution in [3.8, 4) is 0 Å². The molecule has 0 bridgehead atoms. The minimum atomic E-state index is -0.588. The predicted octanol–water partition coefficient (Wildman–Crippen LogP) is 5.83. The molecule has 0 aliphatic rings.